The Kier molecular flexibility index (Phi) is 2.70. The number of allylic oxidation sites excluding steroid dienone is 1. The molecule has 2 nitrogen and oxygen atoms in total. The molecule has 1 aromatic rings. The molecule has 1 aromatic carbocycles. The molecule has 3 heteroatoms. The summed E-state index contributed by atoms with van der Waals surface area (Å²) in [6.07, 6.45) is 0. The molecule has 1 unspecified atom stereocenters. The van der Waals surface area contributed by atoms with Gasteiger partial charge in [0.2, 0.25) is 0 Å². The van der Waals surface area contributed by atoms with Crippen molar-refractivity contribution in [3.63, 3.8) is 0 Å². The Labute approximate surface area is 88.3 Å². The van der Waals surface area contributed by atoms with E-state index in [1.807, 2.05) is 30.3 Å². The first-order chi connectivity index (χ1) is 6.77. The van der Waals surface area contributed by atoms with Crippen LogP contribution in [-0.2, 0) is 0 Å². The monoisotopic (exact) mass is 205 g/mol. The van der Waals surface area contributed by atoms with Crippen molar-refractivity contribution in [2.45, 2.75) is 6.92 Å². The molecule has 0 fully saturated rings. The van der Waals surface area contributed by atoms with Crippen LogP contribution in [0.3, 0.4) is 0 Å². The molecular formula is C11H13N2S+. The zero-order valence-corrected chi connectivity index (χ0v) is 9.14. The fraction of sp³-hybridized carbons (Fsp3) is 0.182. The number of para-hydroxylation sites is 1. The first kappa shape index (κ1) is 9.49. The number of nitrogens with one attached hydrogen (secondary N) is 1. The Balaban J connectivity index is 2.22. The molecular weight excluding hydrogens is 192 g/mol. The lowest BCUT2D eigenvalue weighted by Gasteiger charge is -2.05. The summed E-state index contributed by atoms with van der Waals surface area (Å²) in [5.41, 5.74) is 2.35. The third kappa shape index (κ3) is 1.89. The van der Waals surface area contributed by atoms with Crippen molar-refractivity contribution in [1.82, 2.24) is 0 Å². The molecule has 0 saturated carbocycles. The average Bonchev–Trinajstić information content (AvgIpc) is 2.52. The van der Waals surface area contributed by atoms with Gasteiger partial charge in [0.15, 0.2) is 0 Å². The predicted octanol–water partition coefficient (Wildman–Crippen LogP) is 1.80. The van der Waals surface area contributed by atoms with Crippen molar-refractivity contribution >= 4 is 22.6 Å². The third-order valence-electron chi connectivity index (χ3n) is 2.25. The van der Waals surface area contributed by atoms with Gasteiger partial charge in [-0.3, -0.25) is 4.90 Å². The molecule has 1 atom stereocenters. The molecule has 0 amide bonds. The Bertz CT molecular complexity index is 382. The van der Waals surface area contributed by atoms with Crippen molar-refractivity contribution in [1.29, 1.82) is 0 Å². The minimum Gasteiger partial charge on any atom is -0.253 e. The number of amidine groups is 1. The van der Waals surface area contributed by atoms with E-state index in [-0.39, 0.29) is 0 Å². The fourth-order valence-corrected chi connectivity index (χ4v) is 2.18. The minimum atomic E-state index is 1.03. The SMILES string of the molecule is CC1=CSC(=Nc2ccccc2)[NH+]1C. The van der Waals surface area contributed by atoms with Crippen LogP contribution < -0.4 is 4.90 Å². The van der Waals surface area contributed by atoms with Gasteiger partial charge in [-0.25, -0.2) is 0 Å². The van der Waals surface area contributed by atoms with Gasteiger partial charge in [0.05, 0.1) is 12.7 Å². The number of rotatable bonds is 1. The van der Waals surface area contributed by atoms with Crippen molar-refractivity contribution in [3.8, 4) is 0 Å². The van der Waals surface area contributed by atoms with Gasteiger partial charge in [0.25, 0.3) is 5.17 Å². The topological polar surface area (TPSA) is 16.8 Å². The highest BCUT2D eigenvalue weighted by Crippen LogP contribution is 2.16. The summed E-state index contributed by atoms with van der Waals surface area (Å²) in [6.45, 7) is 2.12. The van der Waals surface area contributed by atoms with Gasteiger partial charge in [-0.15, -0.1) is 0 Å². The molecule has 14 heavy (non-hydrogen) atoms. The van der Waals surface area contributed by atoms with Crippen molar-refractivity contribution in [2.24, 2.45) is 4.99 Å². The van der Waals surface area contributed by atoms with Crippen LogP contribution in [0.25, 0.3) is 0 Å². The molecule has 0 saturated heterocycles. The summed E-state index contributed by atoms with van der Waals surface area (Å²) >= 11 is 1.70. The standard InChI is InChI=1S/C11H12N2S/c1-9-8-14-11(13(9)2)12-10-6-4-3-5-7-10/h3-8H,1-2H3/p+1. The van der Waals surface area contributed by atoms with Crippen LogP contribution in [0.2, 0.25) is 0 Å². The van der Waals surface area contributed by atoms with E-state index in [1.54, 1.807) is 11.8 Å². The smallest absolute Gasteiger partial charge is 0.253 e. The second kappa shape index (κ2) is 3.98. The lowest BCUT2D eigenvalue weighted by Crippen LogP contribution is -3.07. The molecule has 0 aromatic heterocycles. The number of quaternary nitrogens is 1. The highest BCUT2D eigenvalue weighted by molar-refractivity contribution is 8.16. The first-order valence-electron chi connectivity index (χ1n) is 4.59. The van der Waals surface area contributed by atoms with Crippen LogP contribution in [0.4, 0.5) is 5.69 Å². The van der Waals surface area contributed by atoms with Gasteiger partial charge in [0, 0.05) is 12.3 Å². The quantitative estimate of drug-likeness (QED) is 0.739. The van der Waals surface area contributed by atoms with Crippen LogP contribution in [0.5, 0.6) is 0 Å². The second-order valence-corrected chi connectivity index (χ2v) is 4.15. The van der Waals surface area contributed by atoms with E-state index in [0.717, 1.165) is 10.9 Å². The van der Waals surface area contributed by atoms with Crippen LogP contribution in [-0.4, -0.2) is 12.2 Å². The van der Waals surface area contributed by atoms with Crippen LogP contribution >= 0.6 is 11.8 Å². The van der Waals surface area contributed by atoms with Crippen LogP contribution in [0.15, 0.2) is 46.4 Å². The maximum Gasteiger partial charge on any atom is 0.271 e. The Morgan fingerprint density at radius 3 is 2.50 bits per heavy atom. The van der Waals surface area contributed by atoms with Crippen molar-refractivity contribution < 1.29 is 4.90 Å². The van der Waals surface area contributed by atoms with Gasteiger partial charge in [-0.1, -0.05) is 18.2 Å². The zero-order chi connectivity index (χ0) is 9.97. The lowest BCUT2D eigenvalue weighted by molar-refractivity contribution is -0.731. The van der Waals surface area contributed by atoms with E-state index in [0.29, 0.717) is 0 Å². The maximum atomic E-state index is 4.58. The largest absolute Gasteiger partial charge is 0.271 e. The van der Waals surface area contributed by atoms with Crippen LogP contribution in [0.1, 0.15) is 6.92 Å². The highest BCUT2D eigenvalue weighted by atomic mass is 32.2. The molecule has 1 aliphatic heterocycles. The molecule has 0 aliphatic carbocycles. The Morgan fingerprint density at radius 1 is 1.21 bits per heavy atom. The number of thioether (sulfide) groups is 1. The van der Waals surface area contributed by atoms with E-state index in [1.165, 1.54) is 10.6 Å². The van der Waals surface area contributed by atoms with Gasteiger partial charge in [-0.05, 0) is 23.9 Å². The molecule has 0 spiro atoms. The Hall–Kier alpha value is -1.06. The first-order valence-corrected chi connectivity index (χ1v) is 5.47. The molecule has 2 rings (SSSR count). The summed E-state index contributed by atoms with van der Waals surface area (Å²) < 4.78 is 0. The molecule has 0 radical (unpaired) electrons. The summed E-state index contributed by atoms with van der Waals surface area (Å²) in [4.78, 5) is 5.87. The van der Waals surface area contributed by atoms with E-state index in [9.17, 15) is 0 Å². The number of hydrogen-bond acceptors (Lipinski definition) is 2. The zero-order valence-electron chi connectivity index (χ0n) is 8.32. The summed E-state index contributed by atoms with van der Waals surface area (Å²) in [7, 11) is 2.12. The van der Waals surface area contributed by atoms with E-state index in [4.69, 9.17) is 0 Å². The van der Waals surface area contributed by atoms with Crippen molar-refractivity contribution in [3.05, 3.63) is 41.4 Å². The second-order valence-electron chi connectivity index (χ2n) is 3.30. The lowest BCUT2D eigenvalue weighted by atomic mass is 10.3. The highest BCUT2D eigenvalue weighted by Gasteiger charge is 2.21. The molecule has 1 N–H and O–H groups in total. The Morgan fingerprint density at radius 2 is 1.93 bits per heavy atom. The number of hydrogen-bond donors (Lipinski definition) is 1. The molecule has 0 bridgehead atoms. The number of benzene rings is 1. The third-order valence-corrected chi connectivity index (χ3v) is 3.34. The summed E-state index contributed by atoms with van der Waals surface area (Å²) in [6, 6.07) is 10.1. The molecule has 72 valence electrons. The van der Waals surface area contributed by atoms with Gasteiger partial charge in [-0.2, -0.15) is 4.99 Å². The minimum absolute atomic E-state index is 1.03. The normalized spacial score (nSPS) is 24.0. The maximum absolute atomic E-state index is 4.58. The predicted molar refractivity (Wildman–Crippen MR) is 61.8 cm³/mol. The van der Waals surface area contributed by atoms with Crippen LogP contribution in [0, 0.1) is 0 Å². The molecule has 1 aliphatic rings. The average molecular weight is 205 g/mol. The summed E-state index contributed by atoms with van der Waals surface area (Å²) in [5.74, 6) is 0. The number of nitrogens with zero attached hydrogens (tertiary/aromatic N) is 1. The fourth-order valence-electron chi connectivity index (χ4n) is 1.22. The van der Waals surface area contributed by atoms with Crippen molar-refractivity contribution in [2.75, 3.05) is 7.05 Å². The van der Waals surface area contributed by atoms with Gasteiger partial charge >= 0.3 is 0 Å². The summed E-state index contributed by atoms with van der Waals surface area (Å²) in [5, 5.41) is 3.27. The van der Waals surface area contributed by atoms with E-state index < -0.39 is 0 Å². The van der Waals surface area contributed by atoms with E-state index in [2.05, 4.69) is 24.4 Å². The van der Waals surface area contributed by atoms with E-state index >= 15 is 0 Å². The van der Waals surface area contributed by atoms with Gasteiger partial charge in [0.1, 0.15) is 5.70 Å². The number of aliphatic imine (C=N–C) groups is 1. The van der Waals surface area contributed by atoms with Gasteiger partial charge < -0.3 is 0 Å². The molecule has 1 heterocycles.